The number of ether oxygens (including phenoxy) is 1. The molecule has 1 aromatic rings. The van der Waals surface area contributed by atoms with E-state index < -0.39 is 5.92 Å². The molecule has 1 aliphatic carbocycles. The van der Waals surface area contributed by atoms with Crippen molar-refractivity contribution in [2.75, 3.05) is 5.75 Å². The van der Waals surface area contributed by atoms with Gasteiger partial charge in [-0.2, -0.15) is 5.26 Å². The van der Waals surface area contributed by atoms with E-state index in [1.54, 1.807) is 26.0 Å². The fraction of sp³-hybridized carbons (Fsp3) is 0.421. The number of hydrogen-bond donors (Lipinski definition) is 1. The summed E-state index contributed by atoms with van der Waals surface area (Å²) < 4.78 is 10.7. The van der Waals surface area contributed by atoms with Gasteiger partial charge in [-0.15, -0.1) is 0 Å². The number of ketones is 1. The molecule has 1 atom stereocenters. The van der Waals surface area contributed by atoms with E-state index in [9.17, 15) is 14.9 Å². The van der Waals surface area contributed by atoms with Crippen LogP contribution in [0.5, 0.6) is 0 Å². The largest absolute Gasteiger partial charge is 0.468 e. The Morgan fingerprint density at radius 1 is 1.50 bits per heavy atom. The van der Waals surface area contributed by atoms with Crippen molar-refractivity contribution in [3.63, 3.8) is 0 Å². The molecule has 7 heteroatoms. The van der Waals surface area contributed by atoms with Crippen molar-refractivity contribution in [2.24, 2.45) is 0 Å². The molecule has 2 aliphatic rings. The van der Waals surface area contributed by atoms with Gasteiger partial charge in [0, 0.05) is 17.7 Å². The number of dihydropyridines is 1. The van der Waals surface area contributed by atoms with Crippen LogP contribution in [0.1, 0.15) is 44.8 Å². The third-order valence-corrected chi connectivity index (χ3v) is 5.18. The van der Waals surface area contributed by atoms with Crippen molar-refractivity contribution in [3.8, 4) is 6.07 Å². The third-order valence-electron chi connectivity index (χ3n) is 4.19. The molecule has 0 aromatic carbocycles. The molecule has 0 bridgehead atoms. The summed E-state index contributed by atoms with van der Waals surface area (Å²) in [7, 11) is 0. The van der Waals surface area contributed by atoms with Crippen LogP contribution in [0.3, 0.4) is 0 Å². The molecular formula is C19H20N2O4S. The minimum atomic E-state index is -0.525. The summed E-state index contributed by atoms with van der Waals surface area (Å²) in [6, 6.07) is 5.72. The Morgan fingerprint density at radius 2 is 2.31 bits per heavy atom. The van der Waals surface area contributed by atoms with Gasteiger partial charge in [0.05, 0.1) is 40.7 Å². The van der Waals surface area contributed by atoms with Gasteiger partial charge in [0.2, 0.25) is 0 Å². The van der Waals surface area contributed by atoms with Gasteiger partial charge in [-0.3, -0.25) is 9.59 Å². The Hall–Kier alpha value is -2.46. The number of thioether (sulfide) groups is 1. The Labute approximate surface area is 156 Å². The first-order valence-corrected chi connectivity index (χ1v) is 9.53. The average Bonchev–Trinajstić information content (AvgIpc) is 3.12. The standard InChI is InChI=1S/C19H20N2O4S/c1-11(2)25-16(23)10-26-19-12(9-20)17(15-7-4-8-24-15)18-13(21-19)5-3-6-14(18)22/h4,7-8,11,17,21H,3,5-6,10H2,1-2H3/t17-/m1/s1. The number of carbonyl (C=O) groups is 2. The number of furan rings is 1. The van der Waals surface area contributed by atoms with Gasteiger partial charge in [0.25, 0.3) is 0 Å². The molecule has 0 spiro atoms. The molecule has 0 fully saturated rings. The third kappa shape index (κ3) is 3.70. The zero-order chi connectivity index (χ0) is 18.7. The number of rotatable bonds is 5. The van der Waals surface area contributed by atoms with Crippen LogP contribution in [0.25, 0.3) is 0 Å². The summed E-state index contributed by atoms with van der Waals surface area (Å²) in [5.41, 5.74) is 1.83. The number of hydrogen-bond acceptors (Lipinski definition) is 7. The molecule has 1 aliphatic heterocycles. The van der Waals surface area contributed by atoms with Gasteiger partial charge < -0.3 is 14.5 Å². The molecular weight excluding hydrogens is 352 g/mol. The van der Waals surface area contributed by atoms with Crippen molar-refractivity contribution in [3.05, 3.63) is 46.0 Å². The second kappa shape index (κ2) is 7.83. The van der Waals surface area contributed by atoms with Gasteiger partial charge in [-0.1, -0.05) is 11.8 Å². The van der Waals surface area contributed by atoms with Crippen molar-refractivity contribution in [1.82, 2.24) is 5.32 Å². The average molecular weight is 372 g/mol. The second-order valence-corrected chi connectivity index (χ2v) is 7.41. The summed E-state index contributed by atoms with van der Waals surface area (Å²) in [6.45, 7) is 3.58. The lowest BCUT2D eigenvalue weighted by Crippen LogP contribution is -2.31. The molecule has 136 valence electrons. The van der Waals surface area contributed by atoms with E-state index in [0.717, 1.165) is 18.5 Å². The van der Waals surface area contributed by atoms with Crippen LogP contribution in [-0.4, -0.2) is 23.6 Å². The van der Waals surface area contributed by atoms with Crippen LogP contribution >= 0.6 is 11.8 Å². The van der Waals surface area contributed by atoms with E-state index in [0.29, 0.717) is 28.4 Å². The van der Waals surface area contributed by atoms with Crippen LogP contribution < -0.4 is 5.32 Å². The van der Waals surface area contributed by atoms with Crippen LogP contribution in [0.2, 0.25) is 0 Å². The molecule has 0 radical (unpaired) electrons. The first-order chi connectivity index (χ1) is 12.5. The van der Waals surface area contributed by atoms with Gasteiger partial charge in [-0.05, 0) is 38.8 Å². The predicted octanol–water partition coefficient (Wildman–Crippen LogP) is 3.39. The summed E-state index contributed by atoms with van der Waals surface area (Å²) in [5, 5.41) is 13.6. The molecule has 2 heterocycles. The quantitative estimate of drug-likeness (QED) is 0.792. The van der Waals surface area contributed by atoms with E-state index in [1.807, 2.05) is 0 Å². The highest BCUT2D eigenvalue weighted by molar-refractivity contribution is 8.03. The van der Waals surface area contributed by atoms with Crippen LogP contribution in [-0.2, 0) is 14.3 Å². The highest BCUT2D eigenvalue weighted by Gasteiger charge is 2.38. The van der Waals surface area contributed by atoms with Crippen molar-refractivity contribution in [2.45, 2.75) is 45.1 Å². The molecule has 1 N–H and O–H groups in total. The monoisotopic (exact) mass is 372 g/mol. The number of allylic oxidation sites excluding steroid dienone is 3. The highest BCUT2D eigenvalue weighted by Crippen LogP contribution is 2.44. The first-order valence-electron chi connectivity index (χ1n) is 8.54. The number of esters is 1. The predicted molar refractivity (Wildman–Crippen MR) is 96.8 cm³/mol. The lowest BCUT2D eigenvalue weighted by Gasteiger charge is -2.32. The van der Waals surface area contributed by atoms with Gasteiger partial charge in [0.1, 0.15) is 5.76 Å². The number of nitrogens with zero attached hydrogens (tertiary/aromatic N) is 1. The Kier molecular flexibility index (Phi) is 5.52. The Bertz CT molecular complexity index is 815. The fourth-order valence-corrected chi connectivity index (χ4v) is 4.05. The molecule has 0 amide bonds. The van der Waals surface area contributed by atoms with Crippen LogP contribution in [0, 0.1) is 11.3 Å². The van der Waals surface area contributed by atoms with Crippen molar-refractivity contribution in [1.29, 1.82) is 5.26 Å². The summed E-state index contributed by atoms with van der Waals surface area (Å²) in [5.74, 6) is -0.175. The maximum Gasteiger partial charge on any atom is 0.316 e. The topological polar surface area (TPSA) is 92.3 Å². The van der Waals surface area contributed by atoms with Gasteiger partial charge in [0.15, 0.2) is 5.78 Å². The molecule has 0 saturated heterocycles. The van der Waals surface area contributed by atoms with Gasteiger partial charge in [-0.25, -0.2) is 0 Å². The molecule has 26 heavy (non-hydrogen) atoms. The van der Waals surface area contributed by atoms with E-state index in [1.165, 1.54) is 18.0 Å². The van der Waals surface area contributed by atoms with E-state index in [4.69, 9.17) is 9.15 Å². The summed E-state index contributed by atoms with van der Waals surface area (Å²) >= 11 is 1.22. The zero-order valence-electron chi connectivity index (χ0n) is 14.7. The summed E-state index contributed by atoms with van der Waals surface area (Å²) in [4.78, 5) is 24.4. The highest BCUT2D eigenvalue weighted by atomic mass is 32.2. The zero-order valence-corrected chi connectivity index (χ0v) is 15.5. The fourth-order valence-electron chi connectivity index (χ4n) is 3.21. The minimum absolute atomic E-state index is 0.0381. The molecule has 0 saturated carbocycles. The first kappa shape index (κ1) is 18.3. The molecule has 1 aromatic heterocycles. The normalized spacial score (nSPS) is 19.9. The summed E-state index contributed by atoms with van der Waals surface area (Å²) in [6.07, 6.45) is 3.32. The van der Waals surface area contributed by atoms with Crippen LogP contribution in [0.4, 0.5) is 0 Å². The maximum atomic E-state index is 12.5. The molecule has 6 nitrogen and oxygen atoms in total. The maximum absolute atomic E-state index is 12.5. The number of Topliss-reactive ketones (excluding diaryl/α,β-unsaturated/α-hetero) is 1. The van der Waals surface area contributed by atoms with Crippen molar-refractivity contribution >= 4 is 23.5 Å². The van der Waals surface area contributed by atoms with Crippen molar-refractivity contribution < 1.29 is 18.7 Å². The van der Waals surface area contributed by atoms with Gasteiger partial charge >= 0.3 is 5.97 Å². The Morgan fingerprint density at radius 3 is 2.96 bits per heavy atom. The second-order valence-electron chi connectivity index (χ2n) is 6.42. The smallest absolute Gasteiger partial charge is 0.316 e. The molecule has 3 rings (SSSR count). The SMILES string of the molecule is CC(C)OC(=O)CSC1=C(C#N)[C@H](c2ccco2)C2=C(CCCC2=O)N1. The number of carbonyl (C=O) groups excluding carboxylic acids is 2. The Balaban J connectivity index is 1.93. The van der Waals surface area contributed by atoms with E-state index in [-0.39, 0.29) is 23.6 Å². The van der Waals surface area contributed by atoms with E-state index >= 15 is 0 Å². The van der Waals surface area contributed by atoms with E-state index in [2.05, 4.69) is 11.4 Å². The molecule has 0 unspecified atom stereocenters. The lowest BCUT2D eigenvalue weighted by molar-refractivity contribution is -0.144. The lowest BCUT2D eigenvalue weighted by atomic mass is 9.79. The minimum Gasteiger partial charge on any atom is -0.468 e. The van der Waals surface area contributed by atoms with Crippen LogP contribution in [0.15, 0.2) is 44.7 Å². The number of nitriles is 1. The number of nitrogens with one attached hydrogen (secondary N) is 1.